The molecule has 1 atom stereocenters. The minimum absolute atomic E-state index is 0.0539. The average molecular weight is 555 g/mol. The minimum atomic E-state index is -1.27. The molecule has 38 heavy (non-hydrogen) atoms. The Kier molecular flexibility index (Phi) is 14.3. The fourth-order valence-electron chi connectivity index (χ4n) is 3.78. The maximum atomic E-state index is 11.5. The highest BCUT2D eigenvalue weighted by atomic mass is 32.1. The van der Waals surface area contributed by atoms with Gasteiger partial charge in [-0.2, -0.15) is 4.99 Å². The van der Waals surface area contributed by atoms with E-state index in [1.54, 1.807) is 24.3 Å². The van der Waals surface area contributed by atoms with Crippen molar-refractivity contribution in [1.82, 2.24) is 14.7 Å². The molecular formula is C23H30N4O10S. The van der Waals surface area contributed by atoms with Gasteiger partial charge in [0.2, 0.25) is 0 Å². The number of carboxylic acid groups (broad SMARTS) is 5. The fourth-order valence-corrected chi connectivity index (χ4v) is 3.88. The van der Waals surface area contributed by atoms with Gasteiger partial charge in [-0.3, -0.25) is 38.7 Å². The molecule has 1 aromatic carbocycles. The lowest BCUT2D eigenvalue weighted by Crippen LogP contribution is -2.50. The number of carboxylic acids is 5. The Morgan fingerprint density at radius 1 is 0.737 bits per heavy atom. The molecule has 0 aromatic heterocycles. The number of thiocarbonyl (C=S) groups is 1. The van der Waals surface area contributed by atoms with E-state index in [4.69, 9.17) is 10.2 Å². The number of aliphatic imine (C=N–C) groups is 1. The first kappa shape index (κ1) is 32.3. The summed E-state index contributed by atoms with van der Waals surface area (Å²) in [5.41, 5.74) is 1.42. The summed E-state index contributed by atoms with van der Waals surface area (Å²) in [5, 5.41) is 48.4. The summed E-state index contributed by atoms with van der Waals surface area (Å²) in [6, 6.07) is 6.23. The number of nitrogens with zero attached hydrogens (tertiary/aromatic N) is 4. The maximum Gasteiger partial charge on any atom is 0.317 e. The van der Waals surface area contributed by atoms with Gasteiger partial charge in [0.05, 0.1) is 43.6 Å². The molecule has 0 bridgehead atoms. The summed E-state index contributed by atoms with van der Waals surface area (Å²) >= 11 is 4.57. The SMILES string of the molecule is O=C(O)CN(CCN(CC(=O)O)CC(CCc1ccc(N=C=S)cc1)N(CC(=O)O)CC(=O)O)CC(=O)O. The Bertz CT molecular complexity index is 998. The third kappa shape index (κ3) is 14.1. The van der Waals surface area contributed by atoms with Crippen molar-refractivity contribution in [1.29, 1.82) is 0 Å². The first-order valence-corrected chi connectivity index (χ1v) is 11.7. The van der Waals surface area contributed by atoms with Crippen molar-refractivity contribution < 1.29 is 49.5 Å². The van der Waals surface area contributed by atoms with E-state index in [0.29, 0.717) is 12.1 Å². The Balaban J connectivity index is 3.16. The summed E-state index contributed by atoms with van der Waals surface area (Å²) in [6.45, 7) is -3.10. The molecule has 0 aliphatic heterocycles. The first-order chi connectivity index (χ1) is 17.9. The van der Waals surface area contributed by atoms with Gasteiger partial charge in [0, 0.05) is 25.7 Å². The summed E-state index contributed by atoms with van der Waals surface area (Å²) in [5.74, 6) is -6.27. The molecule has 0 amide bonds. The molecule has 15 heteroatoms. The molecule has 1 rings (SSSR count). The zero-order valence-corrected chi connectivity index (χ0v) is 21.2. The van der Waals surface area contributed by atoms with Gasteiger partial charge < -0.3 is 25.5 Å². The largest absolute Gasteiger partial charge is 0.480 e. The quantitative estimate of drug-likeness (QED) is 0.107. The lowest BCUT2D eigenvalue weighted by molar-refractivity contribution is -0.144. The van der Waals surface area contributed by atoms with Crippen molar-refractivity contribution in [3.05, 3.63) is 29.8 Å². The molecule has 208 valence electrons. The average Bonchev–Trinajstić information content (AvgIpc) is 2.79. The van der Waals surface area contributed by atoms with Crippen LogP contribution in [0.5, 0.6) is 0 Å². The van der Waals surface area contributed by atoms with E-state index in [-0.39, 0.29) is 26.1 Å². The molecule has 1 aromatic rings. The number of aryl methyl sites for hydroxylation is 1. The lowest BCUT2D eigenvalue weighted by Gasteiger charge is -2.34. The van der Waals surface area contributed by atoms with Gasteiger partial charge in [-0.25, -0.2) is 0 Å². The predicted molar refractivity (Wildman–Crippen MR) is 136 cm³/mol. The minimum Gasteiger partial charge on any atom is -0.480 e. The normalized spacial score (nSPS) is 11.8. The smallest absolute Gasteiger partial charge is 0.317 e. The molecule has 0 saturated heterocycles. The highest BCUT2D eigenvalue weighted by Gasteiger charge is 2.27. The molecule has 0 fully saturated rings. The van der Waals surface area contributed by atoms with Crippen LogP contribution in [0.3, 0.4) is 0 Å². The molecule has 1 unspecified atom stereocenters. The van der Waals surface area contributed by atoms with Gasteiger partial charge in [0.1, 0.15) is 0 Å². The Morgan fingerprint density at radius 3 is 1.63 bits per heavy atom. The van der Waals surface area contributed by atoms with Crippen molar-refractivity contribution in [3.8, 4) is 0 Å². The second-order valence-electron chi connectivity index (χ2n) is 8.38. The predicted octanol–water partition coefficient (Wildman–Crippen LogP) is 0.0511. The summed E-state index contributed by atoms with van der Waals surface area (Å²) in [7, 11) is 0. The highest BCUT2D eigenvalue weighted by molar-refractivity contribution is 7.78. The van der Waals surface area contributed by atoms with Crippen LogP contribution in [0.25, 0.3) is 0 Å². The number of carbonyl (C=O) groups is 5. The number of aliphatic carboxylic acids is 5. The fraction of sp³-hybridized carbons (Fsp3) is 0.478. The monoisotopic (exact) mass is 554 g/mol. The molecule has 0 saturated carbocycles. The molecule has 0 aliphatic carbocycles. The number of hydrogen-bond acceptors (Lipinski definition) is 10. The van der Waals surface area contributed by atoms with Gasteiger partial charge in [-0.05, 0) is 42.8 Å². The second kappa shape index (κ2) is 16.9. The summed E-state index contributed by atoms with van der Waals surface area (Å²) in [4.78, 5) is 64.2. The van der Waals surface area contributed by atoms with E-state index < -0.39 is 68.6 Å². The Morgan fingerprint density at radius 2 is 1.18 bits per heavy atom. The van der Waals surface area contributed by atoms with Crippen LogP contribution in [0.2, 0.25) is 0 Å². The van der Waals surface area contributed by atoms with Gasteiger partial charge in [-0.1, -0.05) is 12.1 Å². The van der Waals surface area contributed by atoms with Gasteiger partial charge >= 0.3 is 29.8 Å². The van der Waals surface area contributed by atoms with Crippen molar-refractivity contribution in [2.75, 3.05) is 52.4 Å². The topological polar surface area (TPSA) is 209 Å². The second-order valence-corrected chi connectivity index (χ2v) is 8.56. The van der Waals surface area contributed by atoms with Crippen molar-refractivity contribution in [3.63, 3.8) is 0 Å². The zero-order chi connectivity index (χ0) is 28.7. The number of rotatable bonds is 20. The summed E-state index contributed by atoms with van der Waals surface area (Å²) in [6.07, 6.45) is 0.660. The van der Waals surface area contributed by atoms with Gasteiger partial charge in [-0.15, -0.1) is 0 Å². The van der Waals surface area contributed by atoms with E-state index in [1.165, 1.54) is 9.80 Å². The van der Waals surface area contributed by atoms with Crippen LogP contribution < -0.4 is 0 Å². The molecule has 0 radical (unpaired) electrons. The number of hydrogen-bond donors (Lipinski definition) is 5. The van der Waals surface area contributed by atoms with E-state index in [0.717, 1.165) is 10.5 Å². The molecule has 5 N–H and O–H groups in total. The van der Waals surface area contributed by atoms with Crippen LogP contribution in [-0.4, -0.2) is 134 Å². The summed E-state index contributed by atoms with van der Waals surface area (Å²) < 4.78 is 0. The van der Waals surface area contributed by atoms with Crippen LogP contribution in [-0.2, 0) is 30.4 Å². The van der Waals surface area contributed by atoms with E-state index in [9.17, 15) is 39.3 Å². The molecule has 0 spiro atoms. The van der Waals surface area contributed by atoms with Crippen LogP contribution >= 0.6 is 12.2 Å². The Labute approximate surface area is 223 Å². The van der Waals surface area contributed by atoms with Crippen LogP contribution in [0.1, 0.15) is 12.0 Å². The molecule has 0 aliphatic rings. The third-order valence-corrected chi connectivity index (χ3v) is 5.44. The van der Waals surface area contributed by atoms with Crippen LogP contribution in [0.4, 0.5) is 5.69 Å². The van der Waals surface area contributed by atoms with E-state index >= 15 is 0 Å². The lowest BCUT2D eigenvalue weighted by atomic mass is 10.0. The van der Waals surface area contributed by atoms with Crippen LogP contribution in [0.15, 0.2) is 29.3 Å². The van der Waals surface area contributed by atoms with Gasteiger partial charge in [0.25, 0.3) is 0 Å². The van der Waals surface area contributed by atoms with E-state index in [2.05, 4.69) is 22.4 Å². The standard InChI is InChI=1S/C23H30N4O10S/c28-19(29)10-25(7-8-26(11-20(30)31)12-21(32)33)9-18(27(13-22(34)35)14-23(36)37)6-3-16-1-4-17(5-2-16)24-15-38/h1-2,4-5,18H,3,6-14H2,(H,28,29)(H,30,31)(H,32,33)(H,34,35)(H,36,37). The van der Waals surface area contributed by atoms with E-state index in [1.807, 2.05) is 0 Å². The molecular weight excluding hydrogens is 524 g/mol. The van der Waals surface area contributed by atoms with Crippen molar-refractivity contribution in [2.45, 2.75) is 18.9 Å². The molecule has 14 nitrogen and oxygen atoms in total. The van der Waals surface area contributed by atoms with Crippen LogP contribution in [0, 0.1) is 0 Å². The Hall–Kier alpha value is -3.75. The zero-order valence-electron chi connectivity index (χ0n) is 20.4. The third-order valence-electron chi connectivity index (χ3n) is 5.35. The molecule has 0 heterocycles. The first-order valence-electron chi connectivity index (χ1n) is 11.3. The number of isothiocyanates is 1. The van der Waals surface area contributed by atoms with Gasteiger partial charge in [0.15, 0.2) is 0 Å². The highest BCUT2D eigenvalue weighted by Crippen LogP contribution is 2.16. The maximum absolute atomic E-state index is 11.5. The van der Waals surface area contributed by atoms with Crippen molar-refractivity contribution >= 4 is 52.9 Å². The number of benzene rings is 1. The van der Waals surface area contributed by atoms with Crippen molar-refractivity contribution in [2.24, 2.45) is 4.99 Å².